The lowest BCUT2D eigenvalue weighted by atomic mass is 9.89. The lowest BCUT2D eigenvalue weighted by molar-refractivity contribution is 0.0618. The summed E-state index contributed by atoms with van der Waals surface area (Å²) in [6, 6.07) is 8.07. The van der Waals surface area contributed by atoms with Crippen molar-refractivity contribution >= 4 is 5.91 Å². The highest BCUT2D eigenvalue weighted by atomic mass is 16.5. The van der Waals surface area contributed by atoms with E-state index in [9.17, 15) is 4.79 Å². The molecule has 2 N–H and O–H groups in total. The van der Waals surface area contributed by atoms with E-state index >= 15 is 0 Å². The highest BCUT2D eigenvalue weighted by molar-refractivity contribution is 5.92. The summed E-state index contributed by atoms with van der Waals surface area (Å²) in [7, 11) is 0. The zero-order valence-corrected chi connectivity index (χ0v) is 15.2. The Kier molecular flexibility index (Phi) is 4.40. The van der Waals surface area contributed by atoms with E-state index < -0.39 is 0 Å². The van der Waals surface area contributed by atoms with Gasteiger partial charge in [-0.05, 0) is 45.8 Å². The average Bonchev–Trinajstić information content (AvgIpc) is 3.12. The Morgan fingerprint density at radius 3 is 2.88 bits per heavy atom. The molecule has 0 aliphatic carbocycles. The number of nitrogens with zero attached hydrogens (tertiary/aromatic N) is 3. The van der Waals surface area contributed by atoms with E-state index in [-0.39, 0.29) is 17.6 Å². The molecule has 1 aromatic heterocycles. The number of piperidine rings is 1. The summed E-state index contributed by atoms with van der Waals surface area (Å²) < 4.78 is 7.86. The number of aromatic nitrogens is 3. The Balaban J connectivity index is 1.50. The van der Waals surface area contributed by atoms with Crippen LogP contribution in [0.1, 0.15) is 61.2 Å². The van der Waals surface area contributed by atoms with E-state index in [1.165, 1.54) is 0 Å². The van der Waals surface area contributed by atoms with Crippen LogP contribution in [0.15, 0.2) is 30.5 Å². The maximum absolute atomic E-state index is 12.7. The lowest BCUT2D eigenvalue weighted by Crippen LogP contribution is -2.41. The standard InChI is InChI=1S/C19H25N5O2/c1-19(2)11-15(14-5-3-4-6-17(14)26-19)21-18(25)16-12-24(23-22-16)13-7-9-20-10-8-13/h3-6,12-13,15,20H,7-11H2,1-2H3,(H,21,25)/t15-/m1/s1. The minimum absolute atomic E-state index is 0.105. The molecule has 2 aliphatic heterocycles. The van der Waals surface area contributed by atoms with E-state index in [1.54, 1.807) is 6.20 Å². The van der Waals surface area contributed by atoms with E-state index in [2.05, 4.69) is 20.9 Å². The van der Waals surface area contributed by atoms with Crippen LogP contribution >= 0.6 is 0 Å². The Morgan fingerprint density at radius 2 is 2.08 bits per heavy atom. The molecule has 0 bridgehead atoms. The third-order valence-electron chi connectivity index (χ3n) is 5.11. The van der Waals surface area contributed by atoms with Gasteiger partial charge in [-0.2, -0.15) is 0 Å². The Labute approximate surface area is 153 Å². The first-order chi connectivity index (χ1) is 12.5. The SMILES string of the molecule is CC1(C)C[C@@H](NC(=O)c2cn(C3CCNCC3)nn2)c2ccccc2O1. The smallest absolute Gasteiger partial charge is 0.273 e. The molecule has 26 heavy (non-hydrogen) atoms. The van der Waals surface area contributed by atoms with Gasteiger partial charge >= 0.3 is 0 Å². The van der Waals surface area contributed by atoms with Crippen LogP contribution in [0.5, 0.6) is 5.75 Å². The number of hydrogen-bond acceptors (Lipinski definition) is 5. The molecule has 138 valence electrons. The van der Waals surface area contributed by atoms with Crippen LogP contribution < -0.4 is 15.4 Å². The fraction of sp³-hybridized carbons (Fsp3) is 0.526. The van der Waals surface area contributed by atoms with Crippen LogP contribution in [0, 0.1) is 0 Å². The van der Waals surface area contributed by atoms with Gasteiger partial charge in [0.05, 0.1) is 18.3 Å². The van der Waals surface area contributed by atoms with Gasteiger partial charge in [-0.15, -0.1) is 5.10 Å². The van der Waals surface area contributed by atoms with Crippen LogP contribution in [-0.4, -0.2) is 39.6 Å². The highest BCUT2D eigenvalue weighted by Crippen LogP contribution is 2.39. The summed E-state index contributed by atoms with van der Waals surface area (Å²) in [4.78, 5) is 12.7. The van der Waals surface area contributed by atoms with E-state index in [0.29, 0.717) is 18.2 Å². The van der Waals surface area contributed by atoms with Crippen molar-refractivity contribution in [3.05, 3.63) is 41.7 Å². The number of carbonyl (C=O) groups is 1. The topological polar surface area (TPSA) is 81.1 Å². The van der Waals surface area contributed by atoms with Crippen LogP contribution in [0.4, 0.5) is 0 Å². The molecule has 0 saturated carbocycles. The maximum atomic E-state index is 12.7. The molecule has 3 heterocycles. The number of ether oxygens (including phenoxy) is 1. The zero-order valence-electron chi connectivity index (χ0n) is 15.2. The Morgan fingerprint density at radius 1 is 1.31 bits per heavy atom. The number of benzene rings is 1. The fourth-order valence-corrected chi connectivity index (χ4v) is 3.79. The second-order valence-electron chi connectivity index (χ2n) is 7.69. The van der Waals surface area contributed by atoms with Crippen molar-refractivity contribution < 1.29 is 9.53 Å². The third-order valence-corrected chi connectivity index (χ3v) is 5.11. The molecule has 1 fully saturated rings. The van der Waals surface area contributed by atoms with Crippen LogP contribution in [0.25, 0.3) is 0 Å². The van der Waals surface area contributed by atoms with Crippen molar-refractivity contribution in [1.29, 1.82) is 0 Å². The van der Waals surface area contributed by atoms with E-state index in [0.717, 1.165) is 37.2 Å². The minimum atomic E-state index is -0.334. The van der Waals surface area contributed by atoms with E-state index in [1.807, 2.05) is 42.8 Å². The summed E-state index contributed by atoms with van der Waals surface area (Å²) in [5.74, 6) is 0.634. The largest absolute Gasteiger partial charge is 0.487 e. The van der Waals surface area contributed by atoms with Gasteiger partial charge in [0.15, 0.2) is 5.69 Å². The molecule has 2 aliphatic rings. The summed E-state index contributed by atoms with van der Waals surface area (Å²) in [6.07, 6.45) is 4.48. The molecule has 2 aromatic rings. The molecular weight excluding hydrogens is 330 g/mol. The summed E-state index contributed by atoms with van der Waals surface area (Å²) in [5.41, 5.74) is 1.04. The summed E-state index contributed by atoms with van der Waals surface area (Å²) in [6.45, 7) is 6.02. The van der Waals surface area contributed by atoms with Gasteiger partial charge in [-0.3, -0.25) is 4.79 Å². The molecule has 1 amide bonds. The summed E-state index contributed by atoms with van der Waals surface area (Å²) >= 11 is 0. The molecule has 4 rings (SSSR count). The van der Waals surface area contributed by atoms with Gasteiger partial charge in [-0.1, -0.05) is 23.4 Å². The van der Waals surface area contributed by atoms with E-state index in [4.69, 9.17) is 4.74 Å². The fourth-order valence-electron chi connectivity index (χ4n) is 3.79. The lowest BCUT2D eigenvalue weighted by Gasteiger charge is -2.37. The van der Waals surface area contributed by atoms with Crippen molar-refractivity contribution in [1.82, 2.24) is 25.6 Å². The summed E-state index contributed by atoms with van der Waals surface area (Å²) in [5, 5.41) is 14.7. The Hall–Kier alpha value is -2.41. The van der Waals surface area contributed by atoms with Gasteiger partial charge in [0.2, 0.25) is 0 Å². The van der Waals surface area contributed by atoms with Gasteiger partial charge in [0.25, 0.3) is 5.91 Å². The molecule has 1 saturated heterocycles. The molecule has 0 spiro atoms. The number of hydrogen-bond donors (Lipinski definition) is 2. The molecular formula is C19H25N5O2. The predicted octanol–water partition coefficient (Wildman–Crippen LogP) is 2.23. The van der Waals surface area contributed by atoms with Gasteiger partial charge < -0.3 is 15.4 Å². The second-order valence-corrected chi connectivity index (χ2v) is 7.69. The van der Waals surface area contributed by atoms with Crippen molar-refractivity contribution in [3.63, 3.8) is 0 Å². The number of amides is 1. The Bertz CT molecular complexity index is 795. The van der Waals surface area contributed by atoms with Crippen molar-refractivity contribution in [2.24, 2.45) is 0 Å². The quantitative estimate of drug-likeness (QED) is 0.882. The average molecular weight is 355 g/mol. The third kappa shape index (κ3) is 3.44. The molecule has 1 aromatic carbocycles. The molecule has 7 heteroatoms. The number of carbonyl (C=O) groups excluding carboxylic acids is 1. The molecule has 1 atom stereocenters. The van der Waals surface area contributed by atoms with Crippen LogP contribution in [-0.2, 0) is 0 Å². The molecule has 7 nitrogen and oxygen atoms in total. The number of para-hydroxylation sites is 1. The number of nitrogens with one attached hydrogen (secondary N) is 2. The van der Waals surface area contributed by atoms with Crippen molar-refractivity contribution in [2.45, 2.75) is 50.8 Å². The molecule has 0 radical (unpaired) electrons. The first-order valence-electron chi connectivity index (χ1n) is 9.23. The van der Waals surface area contributed by atoms with Gasteiger partial charge in [0, 0.05) is 12.0 Å². The predicted molar refractivity (Wildman–Crippen MR) is 97.1 cm³/mol. The first kappa shape index (κ1) is 17.0. The van der Waals surface area contributed by atoms with Gasteiger partial charge in [0.1, 0.15) is 11.4 Å². The van der Waals surface area contributed by atoms with Crippen LogP contribution in [0.2, 0.25) is 0 Å². The number of rotatable bonds is 3. The minimum Gasteiger partial charge on any atom is -0.487 e. The monoisotopic (exact) mass is 355 g/mol. The number of fused-ring (bicyclic) bond motifs is 1. The van der Waals surface area contributed by atoms with Crippen molar-refractivity contribution in [3.8, 4) is 5.75 Å². The van der Waals surface area contributed by atoms with Crippen LogP contribution in [0.3, 0.4) is 0 Å². The maximum Gasteiger partial charge on any atom is 0.273 e. The highest BCUT2D eigenvalue weighted by Gasteiger charge is 2.34. The first-order valence-corrected chi connectivity index (χ1v) is 9.23. The molecule has 0 unspecified atom stereocenters. The van der Waals surface area contributed by atoms with Gasteiger partial charge in [-0.25, -0.2) is 4.68 Å². The van der Waals surface area contributed by atoms with Crippen molar-refractivity contribution in [2.75, 3.05) is 13.1 Å². The zero-order chi connectivity index (χ0) is 18.1. The normalized spacial score (nSPS) is 22.3. The second kappa shape index (κ2) is 6.72.